The first-order valence-electron chi connectivity index (χ1n) is 4.07. The fourth-order valence-electron chi connectivity index (χ4n) is 1.16. The van der Waals surface area contributed by atoms with Crippen LogP contribution in [0.1, 0.15) is 0 Å². The van der Waals surface area contributed by atoms with Gasteiger partial charge in [0.25, 0.3) is 0 Å². The second kappa shape index (κ2) is 4.95. The summed E-state index contributed by atoms with van der Waals surface area (Å²) in [5.74, 6) is 0. The van der Waals surface area contributed by atoms with E-state index in [4.69, 9.17) is 4.21 Å². The summed E-state index contributed by atoms with van der Waals surface area (Å²) in [5, 5.41) is 1.17. The Hall–Kier alpha value is 1.09. The SMILES string of the molecule is C[Si](C)(OP(=O)(I)I)c1ccccc1. The van der Waals surface area contributed by atoms with Crippen LogP contribution in [0.2, 0.25) is 13.1 Å². The molecule has 1 aromatic rings. The van der Waals surface area contributed by atoms with Crippen LogP contribution in [0.25, 0.3) is 0 Å². The summed E-state index contributed by atoms with van der Waals surface area (Å²) >= 11 is 3.77. The van der Waals surface area contributed by atoms with Gasteiger partial charge in [0, 0.05) is 44.1 Å². The van der Waals surface area contributed by atoms with Gasteiger partial charge in [-0.3, -0.25) is 4.57 Å². The van der Waals surface area contributed by atoms with E-state index >= 15 is 0 Å². The highest BCUT2D eigenvalue weighted by Gasteiger charge is 2.31. The molecule has 0 amide bonds. The lowest BCUT2D eigenvalue weighted by Crippen LogP contribution is -2.42. The molecule has 1 aromatic carbocycles. The van der Waals surface area contributed by atoms with E-state index in [1.54, 1.807) is 0 Å². The third kappa shape index (κ3) is 4.30. The Morgan fingerprint density at radius 1 is 1.21 bits per heavy atom. The molecule has 0 spiro atoms. The topological polar surface area (TPSA) is 26.3 Å². The molecule has 0 unspecified atom stereocenters. The van der Waals surface area contributed by atoms with Gasteiger partial charge in [-0.2, -0.15) is 0 Å². The minimum Gasteiger partial charge on any atom is -0.352 e. The third-order valence-corrected chi connectivity index (χ3v) is 9.75. The Kier molecular flexibility index (Phi) is 4.65. The van der Waals surface area contributed by atoms with Crippen molar-refractivity contribution < 1.29 is 8.78 Å². The first-order valence-corrected chi connectivity index (χ1v) is 14.2. The van der Waals surface area contributed by atoms with E-state index < -0.39 is 11.0 Å². The van der Waals surface area contributed by atoms with E-state index in [-0.39, 0.29) is 0 Å². The van der Waals surface area contributed by atoms with E-state index in [1.807, 2.05) is 74.4 Å². The van der Waals surface area contributed by atoms with Gasteiger partial charge >= 0.3 is 2.65 Å². The van der Waals surface area contributed by atoms with Crippen LogP contribution in [-0.2, 0) is 8.78 Å². The van der Waals surface area contributed by atoms with Crippen molar-refractivity contribution in [1.29, 1.82) is 0 Å². The zero-order valence-corrected chi connectivity index (χ0v) is 14.1. The average molecular weight is 452 g/mol. The maximum atomic E-state index is 11.6. The quantitative estimate of drug-likeness (QED) is 0.393. The van der Waals surface area contributed by atoms with Crippen LogP contribution < -0.4 is 5.19 Å². The van der Waals surface area contributed by atoms with Gasteiger partial charge in [0.05, 0.1) is 0 Å². The molecular weight excluding hydrogens is 441 g/mol. The smallest absolute Gasteiger partial charge is 0.306 e. The van der Waals surface area contributed by atoms with Crippen molar-refractivity contribution in [3.63, 3.8) is 0 Å². The van der Waals surface area contributed by atoms with Gasteiger partial charge in [0.15, 0.2) is 0 Å². The Morgan fingerprint density at radius 2 is 1.71 bits per heavy atom. The van der Waals surface area contributed by atoms with E-state index in [9.17, 15) is 4.57 Å². The fraction of sp³-hybridized carbons (Fsp3) is 0.250. The van der Waals surface area contributed by atoms with Crippen LogP contribution in [0.3, 0.4) is 0 Å². The third-order valence-electron chi connectivity index (χ3n) is 1.80. The second-order valence-corrected chi connectivity index (χ2v) is 21.7. The van der Waals surface area contributed by atoms with E-state index in [2.05, 4.69) is 13.1 Å². The van der Waals surface area contributed by atoms with Gasteiger partial charge in [-0.05, 0) is 18.3 Å². The normalized spacial score (nSPS) is 12.9. The predicted molar refractivity (Wildman–Crippen MR) is 80.3 cm³/mol. The zero-order chi connectivity index (χ0) is 10.8. The predicted octanol–water partition coefficient (Wildman–Crippen LogP) is 4.09. The summed E-state index contributed by atoms with van der Waals surface area (Å²) in [6.45, 7) is 4.12. The maximum absolute atomic E-state index is 11.6. The molecule has 6 heteroatoms. The molecular formula is C8H11I2O2PSi. The van der Waals surface area contributed by atoms with Gasteiger partial charge in [-0.1, -0.05) is 30.3 Å². The van der Waals surface area contributed by atoms with Crippen molar-refractivity contribution in [3.8, 4) is 0 Å². The molecule has 0 heterocycles. The highest BCUT2D eigenvalue weighted by molar-refractivity contribution is 14.3. The minimum atomic E-state index is -2.45. The maximum Gasteiger partial charge on any atom is 0.306 e. The van der Waals surface area contributed by atoms with Crippen molar-refractivity contribution in [2.45, 2.75) is 13.1 Å². The van der Waals surface area contributed by atoms with Gasteiger partial charge in [0.2, 0.25) is 8.32 Å². The van der Waals surface area contributed by atoms with Gasteiger partial charge < -0.3 is 4.21 Å². The van der Waals surface area contributed by atoms with E-state index in [0.717, 1.165) is 0 Å². The van der Waals surface area contributed by atoms with Crippen molar-refractivity contribution in [2.75, 3.05) is 0 Å². The number of hydrogen-bond acceptors (Lipinski definition) is 2. The molecule has 0 radical (unpaired) electrons. The fourth-order valence-corrected chi connectivity index (χ4v) is 13.6. The standard InChI is InChI=1S/C8H11I2O2PSi/c1-14(2,12-13(9,10)11)8-6-4-3-5-7-8/h3-7H,1-2H3. The van der Waals surface area contributed by atoms with Gasteiger partial charge in [0.1, 0.15) is 0 Å². The molecule has 1 rings (SSSR count). The van der Waals surface area contributed by atoms with Crippen LogP contribution in [0.5, 0.6) is 0 Å². The van der Waals surface area contributed by atoms with Crippen LogP contribution in [-0.4, -0.2) is 8.32 Å². The minimum absolute atomic E-state index is 1.17. The molecule has 0 saturated heterocycles. The summed E-state index contributed by atoms with van der Waals surface area (Å²) in [5.41, 5.74) is 0. The van der Waals surface area contributed by atoms with Crippen LogP contribution in [0.15, 0.2) is 30.3 Å². The molecule has 78 valence electrons. The Morgan fingerprint density at radius 3 is 2.14 bits per heavy atom. The number of benzene rings is 1. The molecule has 14 heavy (non-hydrogen) atoms. The summed E-state index contributed by atoms with van der Waals surface area (Å²) < 4.78 is 14.8. The highest BCUT2D eigenvalue weighted by Crippen LogP contribution is 2.65. The largest absolute Gasteiger partial charge is 0.352 e. The summed E-state index contributed by atoms with van der Waals surface area (Å²) in [4.78, 5) is 0. The first-order chi connectivity index (χ1) is 6.31. The second-order valence-electron chi connectivity index (χ2n) is 3.38. The lowest BCUT2D eigenvalue weighted by Gasteiger charge is -2.23. The average Bonchev–Trinajstić information content (AvgIpc) is 2.01. The first kappa shape index (κ1) is 13.2. The van der Waals surface area contributed by atoms with Crippen molar-refractivity contribution in [1.82, 2.24) is 0 Å². The van der Waals surface area contributed by atoms with Crippen LogP contribution in [0.4, 0.5) is 0 Å². The Labute approximate surface area is 111 Å². The molecule has 0 aromatic heterocycles. The van der Waals surface area contributed by atoms with Crippen molar-refractivity contribution in [2.24, 2.45) is 0 Å². The number of rotatable bonds is 3. The lowest BCUT2D eigenvalue weighted by molar-refractivity contribution is 0.523. The molecule has 2 nitrogen and oxygen atoms in total. The molecule has 0 aliphatic carbocycles. The summed E-state index contributed by atoms with van der Waals surface area (Å²) in [6.07, 6.45) is 0. The molecule has 0 N–H and O–H groups in total. The van der Waals surface area contributed by atoms with Crippen LogP contribution in [0, 0.1) is 0 Å². The van der Waals surface area contributed by atoms with E-state index in [0.29, 0.717) is 0 Å². The van der Waals surface area contributed by atoms with Crippen molar-refractivity contribution in [3.05, 3.63) is 30.3 Å². The monoisotopic (exact) mass is 452 g/mol. The molecule has 0 aliphatic rings. The Bertz CT molecular complexity index is 350. The number of hydrogen-bond donors (Lipinski definition) is 0. The molecule has 0 aliphatic heterocycles. The summed E-state index contributed by atoms with van der Waals surface area (Å²) in [6, 6.07) is 10.0. The molecule has 0 fully saturated rings. The lowest BCUT2D eigenvalue weighted by atomic mass is 10.4. The Balaban J connectivity index is 2.92. The number of halogens is 2. The van der Waals surface area contributed by atoms with Gasteiger partial charge in [-0.15, -0.1) is 0 Å². The zero-order valence-electron chi connectivity index (χ0n) is 7.91. The van der Waals surface area contributed by atoms with Crippen molar-refractivity contribution >= 4 is 60.2 Å². The highest BCUT2D eigenvalue weighted by atomic mass is 127. The van der Waals surface area contributed by atoms with Gasteiger partial charge in [-0.25, -0.2) is 0 Å². The molecule has 0 saturated carbocycles. The van der Waals surface area contributed by atoms with E-state index in [1.165, 1.54) is 5.19 Å². The molecule has 0 bridgehead atoms. The summed E-state index contributed by atoms with van der Waals surface area (Å²) in [7, 11) is -1.99. The van der Waals surface area contributed by atoms with Crippen LogP contribution >= 0.6 is 46.7 Å². The molecule has 0 atom stereocenters.